The number of halogens is 1. The number of hydrogen-bond donors (Lipinski definition) is 2. The molecule has 5 heteroatoms. The summed E-state index contributed by atoms with van der Waals surface area (Å²) in [6.07, 6.45) is 0.761. The lowest BCUT2D eigenvalue weighted by molar-refractivity contribution is 0.0659. The van der Waals surface area contributed by atoms with Crippen molar-refractivity contribution in [2.75, 3.05) is 6.54 Å². The van der Waals surface area contributed by atoms with Crippen molar-refractivity contribution in [3.05, 3.63) is 59.3 Å². The van der Waals surface area contributed by atoms with Gasteiger partial charge in [-0.3, -0.25) is 0 Å². The molecule has 4 nitrogen and oxygen atoms in total. The van der Waals surface area contributed by atoms with Gasteiger partial charge in [0, 0.05) is 0 Å². The Balaban J connectivity index is 1.83. The zero-order valence-electron chi connectivity index (χ0n) is 11.1. The van der Waals surface area contributed by atoms with Gasteiger partial charge in [0.2, 0.25) is 5.76 Å². The number of carboxylic acids is 1. The van der Waals surface area contributed by atoms with Crippen molar-refractivity contribution in [1.29, 1.82) is 0 Å². The van der Waals surface area contributed by atoms with Crippen LogP contribution in [0.1, 0.15) is 34.8 Å². The first-order chi connectivity index (χ1) is 9.56. The molecule has 0 aliphatic rings. The zero-order chi connectivity index (χ0) is 14.5. The van der Waals surface area contributed by atoms with E-state index in [2.05, 4.69) is 5.32 Å². The number of carbonyl (C=O) groups is 1. The van der Waals surface area contributed by atoms with Gasteiger partial charge in [0.15, 0.2) is 0 Å². The molecule has 0 fully saturated rings. The SMILES string of the molecule is CC(NCCc1ccc(F)cc1)c1ccc(C(=O)O)o1. The minimum atomic E-state index is -1.07. The summed E-state index contributed by atoms with van der Waals surface area (Å²) in [6.45, 7) is 2.59. The van der Waals surface area contributed by atoms with Gasteiger partial charge in [0.25, 0.3) is 0 Å². The van der Waals surface area contributed by atoms with Crippen molar-refractivity contribution in [2.45, 2.75) is 19.4 Å². The molecule has 1 aromatic carbocycles. The Labute approximate surface area is 116 Å². The van der Waals surface area contributed by atoms with Gasteiger partial charge in [-0.15, -0.1) is 0 Å². The van der Waals surface area contributed by atoms with Crippen LogP contribution in [-0.2, 0) is 6.42 Å². The summed E-state index contributed by atoms with van der Waals surface area (Å²) in [7, 11) is 0. The summed E-state index contributed by atoms with van der Waals surface area (Å²) in [4.78, 5) is 10.7. The highest BCUT2D eigenvalue weighted by atomic mass is 19.1. The van der Waals surface area contributed by atoms with Gasteiger partial charge in [-0.05, 0) is 49.7 Å². The van der Waals surface area contributed by atoms with Crippen molar-refractivity contribution in [3.63, 3.8) is 0 Å². The summed E-state index contributed by atoms with van der Waals surface area (Å²) in [5, 5.41) is 12.0. The Kier molecular flexibility index (Phi) is 4.53. The minimum Gasteiger partial charge on any atom is -0.475 e. The van der Waals surface area contributed by atoms with Gasteiger partial charge >= 0.3 is 5.97 Å². The molecule has 2 aromatic rings. The van der Waals surface area contributed by atoms with E-state index in [0.29, 0.717) is 12.3 Å². The van der Waals surface area contributed by atoms with E-state index in [1.807, 2.05) is 6.92 Å². The normalized spacial score (nSPS) is 12.3. The van der Waals surface area contributed by atoms with Crippen molar-refractivity contribution in [3.8, 4) is 0 Å². The summed E-state index contributed by atoms with van der Waals surface area (Å²) >= 11 is 0. The molecular weight excluding hydrogens is 261 g/mol. The highest BCUT2D eigenvalue weighted by Crippen LogP contribution is 2.16. The maximum absolute atomic E-state index is 12.7. The van der Waals surface area contributed by atoms with Crippen molar-refractivity contribution in [1.82, 2.24) is 5.32 Å². The van der Waals surface area contributed by atoms with E-state index < -0.39 is 5.97 Å². The monoisotopic (exact) mass is 277 g/mol. The molecule has 20 heavy (non-hydrogen) atoms. The van der Waals surface area contributed by atoms with Crippen molar-refractivity contribution < 1.29 is 18.7 Å². The number of rotatable bonds is 6. The lowest BCUT2D eigenvalue weighted by Crippen LogP contribution is -2.21. The van der Waals surface area contributed by atoms with Gasteiger partial charge in [-0.2, -0.15) is 0 Å². The minimum absolute atomic E-state index is 0.0628. The largest absolute Gasteiger partial charge is 0.475 e. The summed E-state index contributed by atoms with van der Waals surface area (Å²) in [6, 6.07) is 9.38. The Morgan fingerprint density at radius 2 is 2.00 bits per heavy atom. The van der Waals surface area contributed by atoms with Crippen LogP contribution in [0.25, 0.3) is 0 Å². The van der Waals surface area contributed by atoms with Crippen LogP contribution in [0.4, 0.5) is 4.39 Å². The van der Waals surface area contributed by atoms with E-state index in [1.165, 1.54) is 18.2 Å². The van der Waals surface area contributed by atoms with Crippen LogP contribution < -0.4 is 5.32 Å². The first-order valence-corrected chi connectivity index (χ1v) is 6.37. The third kappa shape index (κ3) is 3.68. The molecule has 0 saturated heterocycles. The molecule has 2 N–H and O–H groups in total. The number of carboxylic acid groups (broad SMARTS) is 1. The molecule has 0 amide bonds. The first kappa shape index (κ1) is 14.3. The second kappa shape index (κ2) is 6.34. The van der Waals surface area contributed by atoms with Gasteiger partial charge in [0.1, 0.15) is 11.6 Å². The molecular formula is C15H16FNO3. The molecule has 0 saturated carbocycles. The smallest absolute Gasteiger partial charge is 0.371 e. The average molecular weight is 277 g/mol. The number of nitrogens with one attached hydrogen (secondary N) is 1. The lowest BCUT2D eigenvalue weighted by Gasteiger charge is -2.11. The van der Waals surface area contributed by atoms with Gasteiger partial charge in [-0.25, -0.2) is 9.18 Å². The Morgan fingerprint density at radius 3 is 2.60 bits per heavy atom. The van der Waals surface area contributed by atoms with Gasteiger partial charge in [-0.1, -0.05) is 12.1 Å². The van der Waals surface area contributed by atoms with E-state index in [0.717, 1.165) is 12.0 Å². The second-order valence-electron chi connectivity index (χ2n) is 4.56. The Hall–Kier alpha value is -2.14. The fourth-order valence-electron chi connectivity index (χ4n) is 1.89. The predicted octanol–water partition coefficient (Wildman–Crippen LogP) is 3.01. The lowest BCUT2D eigenvalue weighted by atomic mass is 10.1. The average Bonchev–Trinajstić information content (AvgIpc) is 2.91. The molecule has 0 radical (unpaired) electrons. The van der Waals surface area contributed by atoms with Crippen LogP contribution in [0.2, 0.25) is 0 Å². The fraction of sp³-hybridized carbons (Fsp3) is 0.267. The highest BCUT2D eigenvalue weighted by Gasteiger charge is 2.13. The summed E-state index contributed by atoms with van der Waals surface area (Å²) in [5.74, 6) is -0.796. The third-order valence-corrected chi connectivity index (χ3v) is 3.04. The molecule has 0 aliphatic carbocycles. The van der Waals surface area contributed by atoms with Gasteiger partial charge in [0.05, 0.1) is 6.04 Å². The maximum atomic E-state index is 12.7. The quantitative estimate of drug-likeness (QED) is 0.852. The molecule has 1 unspecified atom stereocenters. The molecule has 0 spiro atoms. The first-order valence-electron chi connectivity index (χ1n) is 6.37. The molecule has 1 atom stereocenters. The Bertz CT molecular complexity index is 577. The molecule has 0 aliphatic heterocycles. The fourth-order valence-corrected chi connectivity index (χ4v) is 1.89. The number of furan rings is 1. The molecule has 1 heterocycles. The standard InChI is InChI=1S/C15H16FNO3/c1-10(13-6-7-14(20-13)15(18)19)17-9-8-11-2-4-12(16)5-3-11/h2-7,10,17H,8-9H2,1H3,(H,18,19). The highest BCUT2D eigenvalue weighted by molar-refractivity contribution is 5.84. The van der Waals surface area contributed by atoms with Crippen LogP contribution in [0, 0.1) is 5.82 Å². The number of aromatic carboxylic acids is 1. The summed E-state index contributed by atoms with van der Waals surface area (Å²) < 4.78 is 18.0. The Morgan fingerprint density at radius 1 is 1.30 bits per heavy atom. The molecule has 2 rings (SSSR count). The van der Waals surface area contributed by atoms with Crippen LogP contribution >= 0.6 is 0 Å². The van der Waals surface area contributed by atoms with Crippen LogP contribution in [-0.4, -0.2) is 17.6 Å². The van der Waals surface area contributed by atoms with Crippen LogP contribution in [0.5, 0.6) is 0 Å². The third-order valence-electron chi connectivity index (χ3n) is 3.04. The number of hydrogen-bond acceptors (Lipinski definition) is 3. The van der Waals surface area contributed by atoms with Crippen molar-refractivity contribution in [2.24, 2.45) is 0 Å². The van der Waals surface area contributed by atoms with E-state index in [1.54, 1.807) is 18.2 Å². The molecule has 0 bridgehead atoms. The van der Waals surface area contributed by atoms with E-state index in [4.69, 9.17) is 9.52 Å². The zero-order valence-corrected chi connectivity index (χ0v) is 11.1. The second-order valence-corrected chi connectivity index (χ2v) is 4.56. The van der Waals surface area contributed by atoms with E-state index in [-0.39, 0.29) is 17.6 Å². The topological polar surface area (TPSA) is 62.5 Å². The van der Waals surface area contributed by atoms with Gasteiger partial charge < -0.3 is 14.8 Å². The van der Waals surface area contributed by atoms with E-state index >= 15 is 0 Å². The summed E-state index contributed by atoms with van der Waals surface area (Å²) in [5.41, 5.74) is 1.04. The van der Waals surface area contributed by atoms with Crippen LogP contribution in [0.3, 0.4) is 0 Å². The number of benzene rings is 1. The molecule has 1 aromatic heterocycles. The van der Waals surface area contributed by atoms with E-state index in [9.17, 15) is 9.18 Å². The van der Waals surface area contributed by atoms with Crippen molar-refractivity contribution >= 4 is 5.97 Å². The maximum Gasteiger partial charge on any atom is 0.371 e. The van der Waals surface area contributed by atoms with Crippen LogP contribution in [0.15, 0.2) is 40.8 Å². The predicted molar refractivity (Wildman–Crippen MR) is 72.2 cm³/mol. The molecule has 106 valence electrons.